The fraction of sp³-hybridized carbons (Fsp3) is 0.650. The Morgan fingerprint density at radius 2 is 1.88 bits per heavy atom. The number of nitrogens with zero attached hydrogens (tertiary/aromatic N) is 2. The van der Waals surface area contributed by atoms with Crippen LogP contribution in [-0.2, 0) is 10.8 Å². The summed E-state index contributed by atoms with van der Waals surface area (Å²) in [6, 6.07) is 7.80. The summed E-state index contributed by atoms with van der Waals surface area (Å²) in [6.45, 7) is 4.79. The molecule has 144 valence electrons. The molecule has 0 bridgehead atoms. The minimum Gasteiger partial charge on any atom is -0.494 e. The number of rotatable bonds is 8. The molecule has 1 aromatic carbocycles. The summed E-state index contributed by atoms with van der Waals surface area (Å²) in [5.41, 5.74) is 0.736. The summed E-state index contributed by atoms with van der Waals surface area (Å²) in [5.74, 6) is 1.56. The van der Waals surface area contributed by atoms with Crippen LogP contribution >= 0.6 is 0 Å². The van der Waals surface area contributed by atoms with Crippen LogP contribution in [-0.4, -0.2) is 70.8 Å². The SMILES string of the molecule is CS(=O)CCCOc1ccc(C(=O)N2CCC[C@H]2CN2CCCC2)cc1. The second-order valence-corrected chi connectivity index (χ2v) is 8.86. The molecule has 0 saturated carbocycles. The number of carbonyl (C=O) groups is 1. The molecular weight excluding hydrogens is 348 g/mol. The Labute approximate surface area is 159 Å². The van der Waals surface area contributed by atoms with Gasteiger partial charge >= 0.3 is 0 Å². The smallest absolute Gasteiger partial charge is 0.254 e. The minimum atomic E-state index is -0.774. The normalized spacial score (nSPS) is 21.9. The highest BCUT2D eigenvalue weighted by Crippen LogP contribution is 2.23. The van der Waals surface area contributed by atoms with Crippen molar-refractivity contribution < 1.29 is 13.7 Å². The molecular formula is C20H30N2O3S. The first-order valence-corrected chi connectivity index (χ1v) is 11.4. The number of amides is 1. The third kappa shape index (κ3) is 5.30. The molecule has 2 fully saturated rings. The summed E-state index contributed by atoms with van der Waals surface area (Å²) < 4.78 is 16.7. The van der Waals surface area contributed by atoms with Gasteiger partial charge in [0.05, 0.1) is 6.61 Å². The number of carbonyl (C=O) groups excluding carboxylic acids is 1. The molecule has 2 saturated heterocycles. The maximum absolute atomic E-state index is 12.9. The zero-order valence-electron chi connectivity index (χ0n) is 15.7. The summed E-state index contributed by atoms with van der Waals surface area (Å²) in [5, 5.41) is 0. The predicted octanol–water partition coefficient (Wildman–Crippen LogP) is 2.53. The number of hydrogen-bond acceptors (Lipinski definition) is 4. The van der Waals surface area contributed by atoms with Gasteiger partial charge in [0.15, 0.2) is 0 Å². The van der Waals surface area contributed by atoms with E-state index in [2.05, 4.69) is 9.80 Å². The van der Waals surface area contributed by atoms with Crippen LogP contribution in [0.2, 0.25) is 0 Å². The van der Waals surface area contributed by atoms with E-state index < -0.39 is 10.8 Å². The monoisotopic (exact) mass is 378 g/mol. The highest BCUT2D eigenvalue weighted by atomic mass is 32.2. The fourth-order valence-electron chi connectivity index (χ4n) is 3.87. The third-order valence-corrected chi connectivity index (χ3v) is 6.12. The Bertz CT molecular complexity index is 614. The van der Waals surface area contributed by atoms with Crippen molar-refractivity contribution in [2.24, 2.45) is 0 Å². The molecule has 1 amide bonds. The first kappa shape index (κ1) is 19.4. The van der Waals surface area contributed by atoms with Gasteiger partial charge in [-0.25, -0.2) is 0 Å². The standard InChI is InChI=1S/C20H30N2O3S/c1-26(24)15-5-14-25-19-9-7-17(8-10-19)20(23)22-13-4-6-18(22)16-21-11-2-3-12-21/h7-10,18H,2-6,11-16H2,1H3/t18-,26?/m0/s1. The van der Waals surface area contributed by atoms with Crippen molar-refractivity contribution in [1.29, 1.82) is 0 Å². The number of hydrogen-bond donors (Lipinski definition) is 0. The molecule has 2 atom stereocenters. The summed E-state index contributed by atoms with van der Waals surface area (Å²) in [4.78, 5) is 17.5. The van der Waals surface area contributed by atoms with E-state index in [1.807, 2.05) is 24.3 Å². The number of likely N-dealkylation sites (tertiary alicyclic amines) is 2. The average molecular weight is 379 g/mol. The highest BCUT2D eigenvalue weighted by molar-refractivity contribution is 7.84. The van der Waals surface area contributed by atoms with Crippen LogP contribution in [0.15, 0.2) is 24.3 Å². The van der Waals surface area contributed by atoms with Gasteiger partial charge in [0.2, 0.25) is 0 Å². The van der Waals surface area contributed by atoms with Crippen LogP contribution in [0.4, 0.5) is 0 Å². The zero-order valence-corrected chi connectivity index (χ0v) is 16.5. The molecule has 2 aliphatic rings. The van der Waals surface area contributed by atoms with Gasteiger partial charge in [-0.15, -0.1) is 0 Å². The lowest BCUT2D eigenvalue weighted by Gasteiger charge is -2.28. The van der Waals surface area contributed by atoms with Crippen LogP contribution in [0.3, 0.4) is 0 Å². The number of benzene rings is 1. The molecule has 0 N–H and O–H groups in total. The first-order chi connectivity index (χ1) is 12.6. The van der Waals surface area contributed by atoms with E-state index in [1.54, 1.807) is 6.26 Å². The van der Waals surface area contributed by atoms with E-state index in [0.29, 0.717) is 18.4 Å². The van der Waals surface area contributed by atoms with Gasteiger partial charge in [-0.1, -0.05) is 0 Å². The van der Waals surface area contributed by atoms with E-state index in [0.717, 1.165) is 43.7 Å². The molecule has 3 rings (SSSR count). The van der Waals surface area contributed by atoms with E-state index >= 15 is 0 Å². The Kier molecular flexibility index (Phi) is 7.08. The van der Waals surface area contributed by atoms with Gasteiger partial charge in [-0.05, 0) is 69.5 Å². The molecule has 1 aromatic rings. The summed E-state index contributed by atoms with van der Waals surface area (Å²) in [7, 11) is -0.774. The second-order valence-electron chi connectivity index (χ2n) is 7.31. The Balaban J connectivity index is 1.52. The van der Waals surface area contributed by atoms with E-state index in [1.165, 1.54) is 25.9 Å². The van der Waals surface area contributed by atoms with E-state index in [4.69, 9.17) is 4.74 Å². The van der Waals surface area contributed by atoms with Crippen LogP contribution in [0, 0.1) is 0 Å². The number of ether oxygens (including phenoxy) is 1. The van der Waals surface area contributed by atoms with Crippen molar-refractivity contribution in [3.63, 3.8) is 0 Å². The van der Waals surface area contributed by atoms with Crippen molar-refractivity contribution in [3.05, 3.63) is 29.8 Å². The van der Waals surface area contributed by atoms with Crippen molar-refractivity contribution in [3.8, 4) is 5.75 Å². The maximum Gasteiger partial charge on any atom is 0.254 e. The minimum absolute atomic E-state index is 0.139. The lowest BCUT2D eigenvalue weighted by Crippen LogP contribution is -2.42. The Morgan fingerprint density at radius 3 is 2.58 bits per heavy atom. The Morgan fingerprint density at radius 1 is 1.15 bits per heavy atom. The lowest BCUT2D eigenvalue weighted by atomic mass is 10.1. The van der Waals surface area contributed by atoms with Crippen LogP contribution < -0.4 is 4.74 Å². The van der Waals surface area contributed by atoms with E-state index in [-0.39, 0.29) is 5.91 Å². The van der Waals surface area contributed by atoms with E-state index in [9.17, 15) is 9.00 Å². The van der Waals surface area contributed by atoms with Gasteiger partial charge in [0.25, 0.3) is 5.91 Å². The van der Waals surface area contributed by atoms with Crippen LogP contribution in [0.5, 0.6) is 5.75 Å². The highest BCUT2D eigenvalue weighted by Gasteiger charge is 2.31. The third-order valence-electron chi connectivity index (χ3n) is 5.25. The Hall–Kier alpha value is -1.40. The molecule has 0 aliphatic carbocycles. The first-order valence-electron chi connectivity index (χ1n) is 9.70. The molecule has 1 unspecified atom stereocenters. The average Bonchev–Trinajstić information content (AvgIpc) is 3.31. The predicted molar refractivity (Wildman–Crippen MR) is 105 cm³/mol. The van der Waals surface area contributed by atoms with Crippen molar-refractivity contribution in [1.82, 2.24) is 9.80 Å². The summed E-state index contributed by atoms with van der Waals surface area (Å²) in [6.07, 6.45) is 7.27. The van der Waals surface area contributed by atoms with Gasteiger partial charge < -0.3 is 14.5 Å². The van der Waals surface area contributed by atoms with Gasteiger partial charge in [-0.3, -0.25) is 9.00 Å². The maximum atomic E-state index is 12.9. The molecule has 0 aromatic heterocycles. The molecule has 0 radical (unpaired) electrons. The topological polar surface area (TPSA) is 49.9 Å². The van der Waals surface area contributed by atoms with Gasteiger partial charge in [0.1, 0.15) is 5.75 Å². The van der Waals surface area contributed by atoms with Crippen molar-refractivity contribution >= 4 is 16.7 Å². The van der Waals surface area contributed by atoms with Crippen LogP contribution in [0.1, 0.15) is 42.5 Å². The van der Waals surface area contributed by atoms with Crippen molar-refractivity contribution in [2.75, 3.05) is 44.8 Å². The quantitative estimate of drug-likeness (QED) is 0.653. The van der Waals surface area contributed by atoms with Crippen molar-refractivity contribution in [2.45, 2.75) is 38.1 Å². The van der Waals surface area contributed by atoms with Gasteiger partial charge in [-0.2, -0.15) is 0 Å². The summed E-state index contributed by atoms with van der Waals surface area (Å²) >= 11 is 0. The largest absolute Gasteiger partial charge is 0.494 e. The molecule has 26 heavy (non-hydrogen) atoms. The molecule has 6 heteroatoms. The molecule has 5 nitrogen and oxygen atoms in total. The second kappa shape index (κ2) is 9.51. The molecule has 2 aliphatic heterocycles. The zero-order chi connectivity index (χ0) is 18.4. The molecule has 2 heterocycles. The fourth-order valence-corrected chi connectivity index (χ4v) is 4.39. The van der Waals surface area contributed by atoms with Gasteiger partial charge in [0, 0.05) is 47.5 Å². The van der Waals surface area contributed by atoms with Crippen LogP contribution in [0.25, 0.3) is 0 Å². The molecule has 0 spiro atoms. The lowest BCUT2D eigenvalue weighted by molar-refractivity contribution is 0.0708.